The molecule has 2 heteroatoms. The van der Waals surface area contributed by atoms with Gasteiger partial charge >= 0.3 is 0 Å². The van der Waals surface area contributed by atoms with Crippen molar-refractivity contribution in [2.45, 2.75) is 90.9 Å². The number of rotatable bonds is 15. The van der Waals surface area contributed by atoms with Crippen LogP contribution in [0.2, 0.25) is 0 Å². The van der Waals surface area contributed by atoms with Crippen molar-refractivity contribution < 1.29 is 4.74 Å². The molecule has 0 N–H and O–H groups in total. The van der Waals surface area contributed by atoms with Gasteiger partial charge in [-0.25, -0.2) is 0 Å². The van der Waals surface area contributed by atoms with Gasteiger partial charge in [0.25, 0.3) is 0 Å². The van der Waals surface area contributed by atoms with Crippen molar-refractivity contribution in [3.63, 3.8) is 0 Å². The zero-order valence-electron chi connectivity index (χ0n) is 13.3. The van der Waals surface area contributed by atoms with Gasteiger partial charge in [-0.2, -0.15) is 0 Å². The van der Waals surface area contributed by atoms with Crippen LogP contribution in [0.4, 0.5) is 0 Å². The maximum atomic E-state index is 5.63. The minimum atomic E-state index is 0.349. The Morgan fingerprint density at radius 3 is 1.74 bits per heavy atom. The number of hydrogen-bond acceptors (Lipinski definition) is 1. The molecule has 0 aliphatic carbocycles. The highest BCUT2D eigenvalue weighted by Crippen LogP contribution is 2.19. The Balaban J connectivity index is 3.55. The van der Waals surface area contributed by atoms with E-state index in [2.05, 4.69) is 13.8 Å². The summed E-state index contributed by atoms with van der Waals surface area (Å²) >= 11 is 5.63. The molecule has 0 aromatic rings. The number of halogens is 1. The first kappa shape index (κ1) is 19.2. The predicted molar refractivity (Wildman–Crippen MR) is 86.9 cm³/mol. The monoisotopic (exact) mass is 290 g/mol. The van der Waals surface area contributed by atoms with Crippen LogP contribution < -0.4 is 0 Å². The average molecular weight is 291 g/mol. The lowest BCUT2D eigenvalue weighted by molar-refractivity contribution is 0.125. The number of alkyl halides is 1. The molecule has 0 saturated heterocycles. The topological polar surface area (TPSA) is 9.23 Å². The third-order valence-corrected chi connectivity index (χ3v) is 4.02. The predicted octanol–water partition coefficient (Wildman–Crippen LogP) is 6.54. The third-order valence-electron chi connectivity index (χ3n) is 3.86. The summed E-state index contributed by atoms with van der Waals surface area (Å²) in [5, 5.41) is 0. The van der Waals surface area contributed by atoms with E-state index in [4.69, 9.17) is 16.3 Å². The van der Waals surface area contributed by atoms with E-state index >= 15 is 0 Å². The summed E-state index contributed by atoms with van der Waals surface area (Å²) in [7, 11) is 0. The first-order valence-electron chi connectivity index (χ1n) is 8.48. The van der Waals surface area contributed by atoms with Crippen LogP contribution in [-0.4, -0.2) is 12.7 Å². The van der Waals surface area contributed by atoms with Gasteiger partial charge in [0.1, 0.15) is 6.07 Å². The minimum absolute atomic E-state index is 0.349. The van der Waals surface area contributed by atoms with E-state index in [0.29, 0.717) is 6.07 Å². The fourth-order valence-electron chi connectivity index (χ4n) is 2.60. The lowest BCUT2D eigenvalue weighted by Crippen LogP contribution is -2.09. The largest absolute Gasteiger partial charge is 0.365 e. The molecule has 0 heterocycles. The zero-order chi connectivity index (χ0) is 14.2. The van der Waals surface area contributed by atoms with Crippen LogP contribution in [0.15, 0.2) is 0 Å². The molecule has 0 rings (SSSR count). The molecule has 0 spiro atoms. The molecule has 0 radical (unpaired) electrons. The molecule has 1 atom stereocenters. The van der Waals surface area contributed by atoms with E-state index in [-0.39, 0.29) is 0 Å². The highest BCUT2D eigenvalue weighted by atomic mass is 35.5. The van der Waals surface area contributed by atoms with E-state index in [0.717, 1.165) is 12.5 Å². The van der Waals surface area contributed by atoms with E-state index in [1.165, 1.54) is 77.0 Å². The molecule has 0 bridgehead atoms. The summed E-state index contributed by atoms with van der Waals surface area (Å²) in [6, 6.07) is 0.349. The molecule has 0 fully saturated rings. The molecular weight excluding hydrogens is 256 g/mol. The van der Waals surface area contributed by atoms with Gasteiger partial charge in [0, 0.05) is 0 Å². The SMILES string of the molecule is CCCCCCCCC(CCCCCC)COCCl. The average Bonchev–Trinajstić information content (AvgIpc) is 2.43. The molecule has 0 aliphatic rings. The van der Waals surface area contributed by atoms with Gasteiger partial charge in [0.05, 0.1) is 6.61 Å². The lowest BCUT2D eigenvalue weighted by atomic mass is 9.95. The zero-order valence-corrected chi connectivity index (χ0v) is 14.0. The van der Waals surface area contributed by atoms with Gasteiger partial charge in [-0.15, -0.1) is 0 Å². The molecule has 0 amide bonds. The van der Waals surface area contributed by atoms with Crippen molar-refractivity contribution in [1.82, 2.24) is 0 Å². The molecular formula is C17H35ClO. The Hall–Kier alpha value is 0.250. The minimum Gasteiger partial charge on any atom is -0.365 e. The molecule has 0 aromatic carbocycles. The molecule has 116 valence electrons. The maximum absolute atomic E-state index is 5.63. The fraction of sp³-hybridized carbons (Fsp3) is 1.00. The van der Waals surface area contributed by atoms with Crippen molar-refractivity contribution in [2.75, 3.05) is 12.7 Å². The van der Waals surface area contributed by atoms with E-state index < -0.39 is 0 Å². The summed E-state index contributed by atoms with van der Waals surface area (Å²) in [5.41, 5.74) is 0. The van der Waals surface area contributed by atoms with Crippen LogP contribution in [0, 0.1) is 5.92 Å². The Kier molecular flexibility index (Phi) is 16.5. The second-order valence-electron chi connectivity index (χ2n) is 5.75. The summed E-state index contributed by atoms with van der Waals surface area (Å²) in [5.74, 6) is 0.738. The van der Waals surface area contributed by atoms with Crippen molar-refractivity contribution in [3.05, 3.63) is 0 Å². The highest BCUT2D eigenvalue weighted by Gasteiger charge is 2.08. The number of unbranched alkanes of at least 4 members (excludes halogenated alkanes) is 8. The Labute approximate surface area is 126 Å². The van der Waals surface area contributed by atoms with Gasteiger partial charge in [-0.3, -0.25) is 0 Å². The van der Waals surface area contributed by atoms with E-state index in [9.17, 15) is 0 Å². The summed E-state index contributed by atoms with van der Waals surface area (Å²) in [6.45, 7) is 5.41. The normalized spacial score (nSPS) is 12.8. The first-order valence-corrected chi connectivity index (χ1v) is 9.02. The van der Waals surface area contributed by atoms with E-state index in [1.54, 1.807) is 0 Å². The van der Waals surface area contributed by atoms with E-state index in [1.807, 2.05) is 0 Å². The van der Waals surface area contributed by atoms with Crippen molar-refractivity contribution in [1.29, 1.82) is 0 Å². The van der Waals surface area contributed by atoms with Gasteiger partial charge in [-0.1, -0.05) is 89.7 Å². The van der Waals surface area contributed by atoms with Crippen LogP contribution in [0.3, 0.4) is 0 Å². The molecule has 19 heavy (non-hydrogen) atoms. The second-order valence-corrected chi connectivity index (χ2v) is 5.97. The molecule has 1 nitrogen and oxygen atoms in total. The maximum Gasteiger partial charge on any atom is 0.120 e. The Bertz CT molecular complexity index is 161. The molecule has 0 saturated carbocycles. The fourth-order valence-corrected chi connectivity index (χ4v) is 2.68. The van der Waals surface area contributed by atoms with Gasteiger partial charge < -0.3 is 4.74 Å². The lowest BCUT2D eigenvalue weighted by Gasteiger charge is -2.16. The van der Waals surface area contributed by atoms with Crippen molar-refractivity contribution >= 4 is 11.6 Å². The molecule has 0 aromatic heterocycles. The van der Waals surface area contributed by atoms with Crippen LogP contribution in [0.5, 0.6) is 0 Å². The molecule has 0 aliphatic heterocycles. The third kappa shape index (κ3) is 14.5. The molecule has 1 unspecified atom stereocenters. The van der Waals surface area contributed by atoms with Crippen molar-refractivity contribution in [3.8, 4) is 0 Å². The summed E-state index contributed by atoms with van der Waals surface area (Å²) < 4.78 is 5.41. The van der Waals surface area contributed by atoms with Crippen LogP contribution in [-0.2, 0) is 4.74 Å². The Morgan fingerprint density at radius 2 is 1.21 bits per heavy atom. The van der Waals surface area contributed by atoms with Crippen LogP contribution >= 0.6 is 11.6 Å². The van der Waals surface area contributed by atoms with Crippen molar-refractivity contribution in [2.24, 2.45) is 5.92 Å². The summed E-state index contributed by atoms with van der Waals surface area (Å²) in [6.07, 6.45) is 16.4. The smallest absolute Gasteiger partial charge is 0.120 e. The van der Waals surface area contributed by atoms with Gasteiger partial charge in [0.2, 0.25) is 0 Å². The van der Waals surface area contributed by atoms with Gasteiger partial charge in [0.15, 0.2) is 0 Å². The summed E-state index contributed by atoms with van der Waals surface area (Å²) in [4.78, 5) is 0. The van der Waals surface area contributed by atoms with Gasteiger partial charge in [-0.05, 0) is 18.8 Å². The second kappa shape index (κ2) is 16.3. The number of ether oxygens (including phenoxy) is 1. The first-order chi connectivity index (χ1) is 9.35. The number of hydrogen-bond donors (Lipinski definition) is 0. The Morgan fingerprint density at radius 1 is 0.737 bits per heavy atom. The van der Waals surface area contributed by atoms with Crippen LogP contribution in [0.1, 0.15) is 90.9 Å². The van der Waals surface area contributed by atoms with Crippen LogP contribution in [0.25, 0.3) is 0 Å². The quantitative estimate of drug-likeness (QED) is 0.246. The highest BCUT2D eigenvalue weighted by molar-refractivity contribution is 6.17. The standard InChI is InChI=1S/C17H35ClO/c1-3-5-7-9-10-12-14-17(15-19-16-18)13-11-8-6-4-2/h17H,3-16H2,1-2H3.